The maximum Gasteiger partial charge on any atom is 0.219 e. The maximum atomic E-state index is 10.1. The molecule has 0 radical (unpaired) electrons. The predicted molar refractivity (Wildman–Crippen MR) is 37.6 cm³/mol. The van der Waals surface area contributed by atoms with E-state index in [1.807, 2.05) is 0 Å². The summed E-state index contributed by atoms with van der Waals surface area (Å²) in [6.07, 6.45) is 0.183. The van der Waals surface area contributed by atoms with Gasteiger partial charge in [-0.1, -0.05) is 0 Å². The van der Waals surface area contributed by atoms with Crippen molar-refractivity contribution in [2.75, 3.05) is 6.54 Å². The van der Waals surface area contributed by atoms with Crippen LogP contribution in [-0.4, -0.2) is 18.4 Å². The average Bonchev–Trinajstić information content (AvgIpc) is 1.87. The van der Waals surface area contributed by atoms with Crippen LogP contribution >= 0.6 is 0 Å². The van der Waals surface area contributed by atoms with Gasteiger partial charge in [0.2, 0.25) is 11.9 Å². The van der Waals surface area contributed by atoms with Crippen LogP contribution in [0.4, 0.5) is 0 Å². The highest BCUT2D eigenvalue weighted by atomic mass is 16.1. The van der Waals surface area contributed by atoms with E-state index in [1.54, 1.807) is 0 Å². The molecule has 6 heteroatoms. The molecule has 0 aliphatic carbocycles. The molecule has 0 fully saturated rings. The molecule has 0 spiro atoms. The van der Waals surface area contributed by atoms with Crippen molar-refractivity contribution in [3.8, 4) is 0 Å². The number of primary amides is 1. The molecule has 0 bridgehead atoms. The Labute approximate surface area is 58.4 Å². The van der Waals surface area contributed by atoms with Crippen LogP contribution in [0.25, 0.3) is 0 Å². The minimum Gasteiger partial charge on any atom is -0.370 e. The summed E-state index contributed by atoms with van der Waals surface area (Å²) in [7, 11) is 0. The number of nitrogens with one attached hydrogen (secondary N) is 1. The Hall–Kier alpha value is -1.30. The Morgan fingerprint density at radius 3 is 2.50 bits per heavy atom. The molecule has 7 N–H and O–H groups in total. The van der Waals surface area contributed by atoms with Crippen LogP contribution in [0.5, 0.6) is 0 Å². The van der Waals surface area contributed by atoms with Gasteiger partial charge in [-0.25, -0.2) is 5.84 Å². The fourth-order valence-electron chi connectivity index (χ4n) is 0.332. The molecule has 0 aromatic carbocycles. The largest absolute Gasteiger partial charge is 0.370 e. The van der Waals surface area contributed by atoms with Crippen molar-refractivity contribution in [2.45, 2.75) is 6.42 Å². The number of carbonyl (C=O) groups excluding carboxylic acids is 1. The fourth-order valence-corrected chi connectivity index (χ4v) is 0.332. The number of amides is 1. The SMILES string of the molecule is NNC(N)=NCCC(N)=O. The number of guanidine groups is 1. The molecule has 0 aliphatic rings. The zero-order chi connectivity index (χ0) is 7.98. The molecule has 10 heavy (non-hydrogen) atoms. The molecule has 0 heterocycles. The first-order valence-electron chi connectivity index (χ1n) is 2.71. The summed E-state index contributed by atoms with van der Waals surface area (Å²) in [5, 5.41) is 0. The first kappa shape index (κ1) is 8.70. The summed E-state index contributed by atoms with van der Waals surface area (Å²) in [5.41, 5.74) is 12.1. The molecule has 0 unspecified atom stereocenters. The molecule has 0 saturated heterocycles. The monoisotopic (exact) mass is 145 g/mol. The van der Waals surface area contributed by atoms with Crippen LogP contribution in [-0.2, 0) is 4.79 Å². The Morgan fingerprint density at radius 2 is 2.10 bits per heavy atom. The standard InChI is InChI=1S/C4H11N5O/c5-3(10)1-2-8-4(6)9-7/h1-2,7H2,(H2,5,10)(H3,6,8,9). The summed E-state index contributed by atoms with van der Waals surface area (Å²) in [6.45, 7) is 0.269. The molecular weight excluding hydrogens is 134 g/mol. The van der Waals surface area contributed by atoms with Gasteiger partial charge in [0.25, 0.3) is 0 Å². The summed E-state index contributed by atoms with van der Waals surface area (Å²) >= 11 is 0. The molecule has 0 aromatic heterocycles. The Balaban J connectivity index is 3.43. The van der Waals surface area contributed by atoms with Gasteiger partial charge in [0.15, 0.2) is 0 Å². The van der Waals surface area contributed by atoms with Crippen molar-refractivity contribution in [3.63, 3.8) is 0 Å². The van der Waals surface area contributed by atoms with Gasteiger partial charge in [-0.05, 0) is 0 Å². The van der Waals surface area contributed by atoms with Crippen LogP contribution in [0, 0.1) is 0 Å². The van der Waals surface area contributed by atoms with Crippen molar-refractivity contribution in [1.82, 2.24) is 5.43 Å². The highest BCUT2D eigenvalue weighted by Gasteiger charge is 1.91. The third-order valence-electron chi connectivity index (χ3n) is 0.788. The Bertz CT molecular complexity index is 143. The lowest BCUT2D eigenvalue weighted by Crippen LogP contribution is -2.37. The van der Waals surface area contributed by atoms with Gasteiger partial charge in [0, 0.05) is 6.42 Å². The maximum absolute atomic E-state index is 10.1. The molecule has 0 rings (SSSR count). The van der Waals surface area contributed by atoms with Crippen LogP contribution in [0.15, 0.2) is 4.99 Å². The topological polar surface area (TPSA) is 120 Å². The molecule has 0 aromatic rings. The number of aliphatic imine (C=N–C) groups is 1. The number of carbonyl (C=O) groups is 1. The van der Waals surface area contributed by atoms with Gasteiger partial charge in [-0.2, -0.15) is 0 Å². The minimum atomic E-state index is -0.409. The predicted octanol–water partition coefficient (Wildman–Crippen LogP) is -2.36. The second-order valence-electron chi connectivity index (χ2n) is 1.63. The van der Waals surface area contributed by atoms with Crippen molar-refractivity contribution in [2.24, 2.45) is 22.3 Å². The first-order chi connectivity index (χ1) is 4.66. The second kappa shape index (κ2) is 4.57. The van der Waals surface area contributed by atoms with Crippen molar-refractivity contribution < 1.29 is 4.79 Å². The lowest BCUT2D eigenvalue weighted by atomic mass is 10.4. The van der Waals surface area contributed by atoms with Crippen LogP contribution in [0.2, 0.25) is 0 Å². The number of hydrogen-bond donors (Lipinski definition) is 4. The molecule has 0 atom stereocenters. The molecule has 0 saturated carbocycles. The zero-order valence-corrected chi connectivity index (χ0v) is 5.50. The fraction of sp³-hybridized carbons (Fsp3) is 0.500. The van der Waals surface area contributed by atoms with Gasteiger partial charge >= 0.3 is 0 Å². The van der Waals surface area contributed by atoms with Crippen molar-refractivity contribution in [1.29, 1.82) is 0 Å². The highest BCUT2D eigenvalue weighted by molar-refractivity contribution is 5.78. The lowest BCUT2D eigenvalue weighted by Gasteiger charge is -1.95. The van der Waals surface area contributed by atoms with E-state index in [0.29, 0.717) is 0 Å². The highest BCUT2D eigenvalue weighted by Crippen LogP contribution is 1.76. The van der Waals surface area contributed by atoms with E-state index < -0.39 is 5.91 Å². The summed E-state index contributed by atoms with van der Waals surface area (Å²) in [6, 6.07) is 0. The van der Waals surface area contributed by atoms with E-state index in [-0.39, 0.29) is 18.9 Å². The van der Waals surface area contributed by atoms with Crippen LogP contribution in [0.3, 0.4) is 0 Å². The van der Waals surface area contributed by atoms with Crippen LogP contribution < -0.4 is 22.7 Å². The average molecular weight is 145 g/mol. The lowest BCUT2D eigenvalue weighted by molar-refractivity contribution is -0.117. The molecule has 58 valence electrons. The van der Waals surface area contributed by atoms with Crippen LogP contribution in [0.1, 0.15) is 6.42 Å². The number of nitrogens with two attached hydrogens (primary N) is 3. The number of rotatable bonds is 3. The van der Waals surface area contributed by atoms with E-state index in [0.717, 1.165) is 0 Å². The summed E-state index contributed by atoms with van der Waals surface area (Å²) in [4.78, 5) is 13.8. The quantitative estimate of drug-likeness (QED) is 0.154. The summed E-state index contributed by atoms with van der Waals surface area (Å²) < 4.78 is 0. The van der Waals surface area contributed by atoms with Crippen molar-refractivity contribution >= 4 is 11.9 Å². The summed E-state index contributed by atoms with van der Waals surface area (Å²) in [5.74, 6) is 4.56. The van der Waals surface area contributed by atoms with E-state index >= 15 is 0 Å². The van der Waals surface area contributed by atoms with E-state index in [9.17, 15) is 4.79 Å². The Morgan fingerprint density at radius 1 is 1.50 bits per heavy atom. The van der Waals surface area contributed by atoms with Gasteiger partial charge in [0.05, 0.1) is 6.54 Å². The van der Waals surface area contributed by atoms with Gasteiger partial charge < -0.3 is 11.5 Å². The normalized spacial score (nSPS) is 11.1. The number of hydrazine groups is 1. The molecule has 0 aliphatic heterocycles. The second-order valence-corrected chi connectivity index (χ2v) is 1.63. The molecule has 1 amide bonds. The molecule has 6 nitrogen and oxygen atoms in total. The third kappa shape index (κ3) is 4.85. The Kier molecular flexibility index (Phi) is 3.97. The van der Waals surface area contributed by atoms with E-state index in [4.69, 9.17) is 17.3 Å². The zero-order valence-electron chi connectivity index (χ0n) is 5.50. The smallest absolute Gasteiger partial charge is 0.219 e. The van der Waals surface area contributed by atoms with E-state index in [1.165, 1.54) is 0 Å². The van der Waals surface area contributed by atoms with Crippen molar-refractivity contribution in [3.05, 3.63) is 0 Å². The first-order valence-corrected chi connectivity index (χ1v) is 2.71. The van der Waals surface area contributed by atoms with Gasteiger partial charge in [-0.3, -0.25) is 15.2 Å². The number of hydrogen-bond acceptors (Lipinski definition) is 3. The van der Waals surface area contributed by atoms with Gasteiger partial charge in [0.1, 0.15) is 0 Å². The molecular formula is C4H11N5O. The third-order valence-corrected chi connectivity index (χ3v) is 0.788. The minimum absolute atomic E-state index is 0.0984. The van der Waals surface area contributed by atoms with E-state index in [2.05, 4.69) is 10.4 Å². The van der Waals surface area contributed by atoms with Gasteiger partial charge in [-0.15, -0.1) is 0 Å². The number of nitrogens with zero attached hydrogens (tertiary/aromatic N) is 1.